The highest BCUT2D eigenvalue weighted by atomic mass is 16.5. The zero-order valence-electron chi connectivity index (χ0n) is 9.11. The van der Waals surface area contributed by atoms with E-state index in [1.54, 1.807) is 0 Å². The van der Waals surface area contributed by atoms with Crippen LogP contribution in [-0.4, -0.2) is 27.4 Å². The molecule has 6 nitrogen and oxygen atoms in total. The van der Waals surface area contributed by atoms with E-state index in [0.29, 0.717) is 6.42 Å². The zero-order chi connectivity index (χ0) is 12.4. The van der Waals surface area contributed by atoms with Crippen LogP contribution in [0, 0.1) is 18.3 Å². The van der Waals surface area contributed by atoms with Crippen LogP contribution in [0.3, 0.4) is 0 Å². The van der Waals surface area contributed by atoms with Gasteiger partial charge in [0.25, 0.3) is 0 Å². The first-order valence-corrected chi connectivity index (χ1v) is 5.23. The van der Waals surface area contributed by atoms with Gasteiger partial charge >= 0.3 is 5.69 Å². The minimum absolute atomic E-state index is 0.163. The second-order valence-electron chi connectivity index (χ2n) is 3.86. The summed E-state index contributed by atoms with van der Waals surface area (Å²) < 4.78 is 6.84. The summed E-state index contributed by atoms with van der Waals surface area (Å²) in [5.74, 6) is 2.51. The monoisotopic (exact) mass is 235 g/mol. The van der Waals surface area contributed by atoms with Crippen molar-refractivity contribution in [2.45, 2.75) is 18.8 Å². The van der Waals surface area contributed by atoms with Gasteiger partial charge in [0.1, 0.15) is 12.0 Å². The fourth-order valence-corrected chi connectivity index (χ4v) is 1.89. The van der Waals surface area contributed by atoms with Gasteiger partial charge in [-0.3, -0.25) is 4.57 Å². The Bertz CT molecular complexity index is 505. The molecule has 90 valence electrons. The molecular formula is C11H13N3O3. The van der Waals surface area contributed by atoms with Gasteiger partial charge in [0.05, 0.1) is 18.6 Å². The van der Waals surface area contributed by atoms with Crippen LogP contribution in [0.5, 0.6) is 0 Å². The summed E-state index contributed by atoms with van der Waals surface area (Å²) in [5.41, 5.74) is 4.91. The van der Waals surface area contributed by atoms with Crippen LogP contribution in [0.1, 0.15) is 12.6 Å². The minimum Gasteiger partial charge on any atom is -0.394 e. The lowest BCUT2D eigenvalue weighted by atomic mass is 10.0. The number of ether oxygens (including phenoxy) is 1. The van der Waals surface area contributed by atoms with Gasteiger partial charge in [-0.15, -0.1) is 12.3 Å². The molecule has 0 aliphatic carbocycles. The number of terminal acetylenes is 1. The largest absolute Gasteiger partial charge is 0.394 e. The summed E-state index contributed by atoms with van der Waals surface area (Å²) in [6.45, 7) is -0.164. The lowest BCUT2D eigenvalue weighted by Gasteiger charge is -2.14. The average Bonchev–Trinajstić information content (AvgIpc) is 2.72. The molecule has 2 rings (SSSR count). The Morgan fingerprint density at radius 2 is 2.53 bits per heavy atom. The highest BCUT2D eigenvalue weighted by Crippen LogP contribution is 2.31. The first-order chi connectivity index (χ1) is 8.15. The third kappa shape index (κ3) is 2.16. The third-order valence-corrected chi connectivity index (χ3v) is 2.79. The molecule has 0 saturated carbocycles. The molecule has 17 heavy (non-hydrogen) atoms. The van der Waals surface area contributed by atoms with E-state index in [1.807, 2.05) is 0 Å². The predicted octanol–water partition coefficient (Wildman–Crippen LogP) is -0.645. The summed E-state index contributed by atoms with van der Waals surface area (Å²) in [6.07, 6.45) is 6.41. The van der Waals surface area contributed by atoms with Crippen LogP contribution in [0.25, 0.3) is 0 Å². The van der Waals surface area contributed by atoms with Crippen molar-refractivity contribution >= 4 is 5.82 Å². The number of aromatic nitrogens is 2. The fourth-order valence-electron chi connectivity index (χ4n) is 1.89. The van der Waals surface area contributed by atoms with Gasteiger partial charge in [0.2, 0.25) is 0 Å². The van der Waals surface area contributed by atoms with Crippen molar-refractivity contribution in [2.24, 2.45) is 5.92 Å². The van der Waals surface area contributed by atoms with Crippen molar-refractivity contribution in [3.63, 3.8) is 0 Å². The quantitative estimate of drug-likeness (QED) is 0.665. The van der Waals surface area contributed by atoms with Gasteiger partial charge < -0.3 is 15.6 Å². The fraction of sp³-hybridized carbons (Fsp3) is 0.455. The number of nitrogen functional groups attached to an aromatic ring is 1. The van der Waals surface area contributed by atoms with Crippen LogP contribution in [-0.2, 0) is 4.74 Å². The molecule has 3 atom stereocenters. The molecule has 1 aromatic rings. The van der Waals surface area contributed by atoms with Crippen LogP contribution >= 0.6 is 0 Å². The number of nitrogens with zero attached hydrogens (tertiary/aromatic N) is 2. The summed E-state index contributed by atoms with van der Waals surface area (Å²) in [7, 11) is 0. The first-order valence-electron chi connectivity index (χ1n) is 5.23. The Balaban J connectivity index is 2.26. The van der Waals surface area contributed by atoms with Crippen molar-refractivity contribution in [1.82, 2.24) is 9.55 Å². The molecule has 2 heterocycles. The topological polar surface area (TPSA) is 90.4 Å². The summed E-state index contributed by atoms with van der Waals surface area (Å²) >= 11 is 0. The smallest absolute Gasteiger partial charge is 0.351 e. The van der Waals surface area contributed by atoms with Crippen molar-refractivity contribution in [3.8, 4) is 12.3 Å². The highest BCUT2D eigenvalue weighted by molar-refractivity contribution is 5.23. The van der Waals surface area contributed by atoms with Crippen LogP contribution in [0.4, 0.5) is 5.82 Å². The first kappa shape index (κ1) is 11.6. The summed E-state index contributed by atoms with van der Waals surface area (Å²) in [5, 5.41) is 9.10. The Morgan fingerprint density at radius 1 is 1.76 bits per heavy atom. The van der Waals surface area contributed by atoms with E-state index in [9.17, 15) is 4.79 Å². The van der Waals surface area contributed by atoms with Crippen LogP contribution in [0.15, 0.2) is 17.1 Å². The van der Waals surface area contributed by atoms with Gasteiger partial charge in [-0.2, -0.15) is 4.98 Å². The number of hydrogen-bond donors (Lipinski definition) is 2. The van der Waals surface area contributed by atoms with E-state index in [1.165, 1.54) is 16.8 Å². The van der Waals surface area contributed by atoms with E-state index in [0.717, 1.165) is 0 Å². The molecule has 0 spiro atoms. The molecule has 0 amide bonds. The number of rotatable bonds is 2. The molecular weight excluding hydrogens is 222 g/mol. The molecule has 1 aliphatic heterocycles. The Morgan fingerprint density at radius 3 is 3.06 bits per heavy atom. The van der Waals surface area contributed by atoms with Crippen molar-refractivity contribution < 1.29 is 9.84 Å². The Labute approximate surface area is 98.0 Å². The third-order valence-electron chi connectivity index (χ3n) is 2.79. The Hall–Kier alpha value is -1.84. The minimum atomic E-state index is -0.492. The molecule has 1 fully saturated rings. The molecule has 0 bridgehead atoms. The van der Waals surface area contributed by atoms with Gasteiger partial charge in [-0.05, 0) is 6.07 Å². The highest BCUT2D eigenvalue weighted by Gasteiger charge is 2.35. The normalized spacial score (nSPS) is 27.9. The molecule has 6 heteroatoms. The van der Waals surface area contributed by atoms with E-state index in [2.05, 4.69) is 10.9 Å². The van der Waals surface area contributed by atoms with E-state index in [-0.39, 0.29) is 18.3 Å². The second kappa shape index (κ2) is 4.57. The molecule has 1 unspecified atom stereocenters. The summed E-state index contributed by atoms with van der Waals surface area (Å²) in [6, 6.07) is 1.52. The number of nitrogens with two attached hydrogens (primary N) is 1. The number of anilines is 1. The zero-order valence-corrected chi connectivity index (χ0v) is 9.11. The number of aliphatic hydroxyl groups excluding tert-OH is 1. The van der Waals surface area contributed by atoms with E-state index < -0.39 is 18.0 Å². The number of hydrogen-bond acceptors (Lipinski definition) is 5. The van der Waals surface area contributed by atoms with Crippen molar-refractivity contribution in [2.75, 3.05) is 12.3 Å². The predicted molar refractivity (Wildman–Crippen MR) is 60.8 cm³/mol. The van der Waals surface area contributed by atoms with Crippen LogP contribution < -0.4 is 11.4 Å². The summed E-state index contributed by atoms with van der Waals surface area (Å²) in [4.78, 5) is 15.2. The van der Waals surface area contributed by atoms with Gasteiger partial charge in [-0.1, -0.05) is 0 Å². The van der Waals surface area contributed by atoms with Crippen LogP contribution in [0.2, 0.25) is 0 Å². The molecule has 0 radical (unpaired) electrons. The average molecular weight is 235 g/mol. The lowest BCUT2D eigenvalue weighted by Crippen LogP contribution is -2.27. The molecule has 1 aromatic heterocycles. The van der Waals surface area contributed by atoms with Crippen molar-refractivity contribution in [3.05, 3.63) is 22.7 Å². The maximum Gasteiger partial charge on any atom is 0.351 e. The second-order valence-corrected chi connectivity index (χ2v) is 3.86. The molecule has 0 aromatic carbocycles. The van der Waals surface area contributed by atoms with Gasteiger partial charge in [-0.25, -0.2) is 4.79 Å². The Kier molecular flexibility index (Phi) is 3.13. The van der Waals surface area contributed by atoms with E-state index >= 15 is 0 Å². The maximum absolute atomic E-state index is 11.6. The molecule has 1 saturated heterocycles. The molecule has 1 aliphatic rings. The maximum atomic E-state index is 11.6. The number of aliphatic hydroxyl groups is 1. The molecule has 3 N–H and O–H groups in total. The van der Waals surface area contributed by atoms with Gasteiger partial charge in [0.15, 0.2) is 0 Å². The lowest BCUT2D eigenvalue weighted by molar-refractivity contribution is -0.0288. The van der Waals surface area contributed by atoms with E-state index in [4.69, 9.17) is 22.0 Å². The SMILES string of the molecule is C#CC1C[C@H](n2ccc(N)nc2=O)O[C@@H]1CO. The standard InChI is InChI=1S/C11H13N3O3/c1-2-7-5-10(17-8(7)6-15)14-4-3-9(12)13-11(14)16/h1,3-4,7-8,10,15H,5-6H2,(H2,12,13,16)/t7?,8-,10-/m1/s1. The van der Waals surface area contributed by atoms with Gasteiger partial charge in [0, 0.05) is 12.6 Å². The van der Waals surface area contributed by atoms with Crippen molar-refractivity contribution in [1.29, 1.82) is 0 Å².